The Kier molecular flexibility index (Phi) is 6.79. The normalized spacial score (nSPS) is 22.5. The Morgan fingerprint density at radius 1 is 1.19 bits per heavy atom. The maximum absolute atomic E-state index is 12.4. The Morgan fingerprint density at radius 2 is 1.93 bits per heavy atom. The predicted molar refractivity (Wildman–Crippen MR) is 106 cm³/mol. The van der Waals surface area contributed by atoms with Crippen molar-refractivity contribution in [3.05, 3.63) is 34.4 Å². The second-order valence-corrected chi connectivity index (χ2v) is 8.05. The van der Waals surface area contributed by atoms with Gasteiger partial charge in [0.25, 0.3) is 5.69 Å². The minimum atomic E-state index is -0.466. The standard InChI is InChI=1S/C20H30N4O3/c1-16-8-11-22(12-9-16)13-17-5-4-10-23(14-17)15-20(25)21-18-6-2-3-7-19(18)24(26)27/h2-3,6-7,16-17H,4-5,8-15H2,1H3,(H,21,25). The molecule has 1 atom stereocenters. The number of para-hydroxylation sites is 2. The molecule has 2 aliphatic rings. The zero-order chi connectivity index (χ0) is 19.2. The number of hydrogen-bond donors (Lipinski definition) is 1. The van der Waals surface area contributed by atoms with Crippen molar-refractivity contribution >= 4 is 17.3 Å². The van der Waals surface area contributed by atoms with Crippen LogP contribution in [0.5, 0.6) is 0 Å². The molecule has 7 heteroatoms. The first kappa shape index (κ1) is 19.8. The monoisotopic (exact) mass is 374 g/mol. The highest BCUT2D eigenvalue weighted by Crippen LogP contribution is 2.24. The lowest BCUT2D eigenvalue weighted by Crippen LogP contribution is -2.45. The number of likely N-dealkylation sites (tertiary alicyclic amines) is 2. The number of carbonyl (C=O) groups is 1. The lowest BCUT2D eigenvalue weighted by Gasteiger charge is -2.37. The van der Waals surface area contributed by atoms with Crippen molar-refractivity contribution in [3.63, 3.8) is 0 Å². The van der Waals surface area contributed by atoms with E-state index in [1.54, 1.807) is 18.2 Å². The van der Waals surface area contributed by atoms with Gasteiger partial charge in [0.15, 0.2) is 0 Å². The molecule has 1 unspecified atom stereocenters. The molecule has 2 heterocycles. The molecule has 2 aliphatic heterocycles. The van der Waals surface area contributed by atoms with Gasteiger partial charge in [-0.25, -0.2) is 0 Å². The molecule has 0 saturated carbocycles. The number of nitro benzene ring substituents is 1. The Hall–Kier alpha value is -1.99. The molecule has 0 aromatic heterocycles. The molecule has 1 amide bonds. The van der Waals surface area contributed by atoms with Crippen LogP contribution < -0.4 is 5.32 Å². The van der Waals surface area contributed by atoms with Crippen LogP contribution in [0.15, 0.2) is 24.3 Å². The fraction of sp³-hybridized carbons (Fsp3) is 0.650. The number of benzene rings is 1. The van der Waals surface area contributed by atoms with Crippen LogP contribution in [0, 0.1) is 22.0 Å². The molecule has 148 valence electrons. The summed E-state index contributed by atoms with van der Waals surface area (Å²) in [4.78, 5) is 27.8. The van der Waals surface area contributed by atoms with Gasteiger partial charge < -0.3 is 10.2 Å². The van der Waals surface area contributed by atoms with Gasteiger partial charge in [0.05, 0.1) is 11.5 Å². The lowest BCUT2D eigenvalue weighted by molar-refractivity contribution is -0.383. The number of piperidine rings is 2. The SMILES string of the molecule is CC1CCN(CC2CCCN(CC(=O)Nc3ccccc3[N+](=O)[O-])C2)CC1. The second kappa shape index (κ2) is 9.28. The Balaban J connectivity index is 1.49. The third kappa shape index (κ3) is 5.74. The van der Waals surface area contributed by atoms with Crippen molar-refractivity contribution in [2.75, 3.05) is 44.6 Å². The summed E-state index contributed by atoms with van der Waals surface area (Å²) in [5, 5.41) is 13.8. The Bertz CT molecular complexity index is 658. The molecule has 1 aromatic carbocycles. The molecule has 27 heavy (non-hydrogen) atoms. The van der Waals surface area contributed by atoms with Crippen LogP contribution in [-0.4, -0.2) is 59.9 Å². The van der Waals surface area contributed by atoms with Gasteiger partial charge in [-0.3, -0.25) is 19.8 Å². The minimum Gasteiger partial charge on any atom is -0.319 e. The molecular formula is C20H30N4O3. The quantitative estimate of drug-likeness (QED) is 0.612. The van der Waals surface area contributed by atoms with Crippen molar-refractivity contribution in [2.45, 2.75) is 32.6 Å². The first-order valence-electron chi connectivity index (χ1n) is 9.99. The summed E-state index contributed by atoms with van der Waals surface area (Å²) < 4.78 is 0. The fourth-order valence-corrected chi connectivity index (χ4v) is 4.19. The molecule has 0 radical (unpaired) electrons. The summed E-state index contributed by atoms with van der Waals surface area (Å²) in [7, 11) is 0. The number of amides is 1. The van der Waals surface area contributed by atoms with Crippen LogP contribution in [-0.2, 0) is 4.79 Å². The summed E-state index contributed by atoms with van der Waals surface area (Å²) in [6, 6.07) is 6.28. The van der Waals surface area contributed by atoms with E-state index in [1.807, 2.05) is 0 Å². The number of rotatable bonds is 6. The smallest absolute Gasteiger partial charge is 0.292 e. The number of hydrogen-bond acceptors (Lipinski definition) is 5. The van der Waals surface area contributed by atoms with E-state index in [0.717, 1.165) is 32.0 Å². The van der Waals surface area contributed by atoms with Gasteiger partial charge in [-0.05, 0) is 63.2 Å². The van der Waals surface area contributed by atoms with Crippen molar-refractivity contribution in [2.24, 2.45) is 11.8 Å². The molecule has 7 nitrogen and oxygen atoms in total. The van der Waals surface area contributed by atoms with E-state index < -0.39 is 4.92 Å². The predicted octanol–water partition coefficient (Wildman–Crippen LogP) is 2.98. The van der Waals surface area contributed by atoms with Crippen molar-refractivity contribution < 1.29 is 9.72 Å². The highest BCUT2D eigenvalue weighted by atomic mass is 16.6. The van der Waals surface area contributed by atoms with Crippen molar-refractivity contribution in [1.82, 2.24) is 9.80 Å². The van der Waals surface area contributed by atoms with Crippen LogP contribution >= 0.6 is 0 Å². The lowest BCUT2D eigenvalue weighted by atomic mass is 9.94. The summed E-state index contributed by atoms with van der Waals surface area (Å²) in [6.07, 6.45) is 4.89. The number of nitrogens with zero attached hydrogens (tertiary/aromatic N) is 3. The third-order valence-corrected chi connectivity index (χ3v) is 5.74. The molecule has 1 N–H and O–H groups in total. The number of nitro groups is 1. The molecular weight excluding hydrogens is 344 g/mol. The highest BCUT2D eigenvalue weighted by Gasteiger charge is 2.25. The molecule has 2 fully saturated rings. The van der Waals surface area contributed by atoms with E-state index >= 15 is 0 Å². The number of carbonyl (C=O) groups excluding carboxylic acids is 1. The van der Waals surface area contributed by atoms with Crippen LogP contribution in [0.3, 0.4) is 0 Å². The topological polar surface area (TPSA) is 78.7 Å². The maximum Gasteiger partial charge on any atom is 0.292 e. The van der Waals surface area contributed by atoms with E-state index in [1.165, 1.54) is 38.4 Å². The Morgan fingerprint density at radius 3 is 2.67 bits per heavy atom. The highest BCUT2D eigenvalue weighted by molar-refractivity contribution is 5.94. The molecule has 0 aliphatic carbocycles. The van der Waals surface area contributed by atoms with E-state index in [2.05, 4.69) is 22.0 Å². The van der Waals surface area contributed by atoms with Gasteiger partial charge in [-0.1, -0.05) is 19.1 Å². The first-order chi connectivity index (χ1) is 13.0. The van der Waals surface area contributed by atoms with Crippen molar-refractivity contribution in [3.8, 4) is 0 Å². The van der Waals surface area contributed by atoms with Gasteiger partial charge in [-0.15, -0.1) is 0 Å². The molecule has 0 spiro atoms. The zero-order valence-corrected chi connectivity index (χ0v) is 16.1. The van der Waals surface area contributed by atoms with E-state index in [9.17, 15) is 14.9 Å². The average Bonchev–Trinajstić information content (AvgIpc) is 2.64. The first-order valence-corrected chi connectivity index (χ1v) is 9.99. The number of nitrogens with one attached hydrogen (secondary N) is 1. The average molecular weight is 374 g/mol. The molecule has 2 saturated heterocycles. The largest absolute Gasteiger partial charge is 0.319 e. The summed E-state index contributed by atoms with van der Waals surface area (Å²) >= 11 is 0. The molecule has 1 aromatic rings. The summed E-state index contributed by atoms with van der Waals surface area (Å²) in [6.45, 7) is 7.96. The van der Waals surface area contributed by atoms with Crippen LogP contribution in [0.1, 0.15) is 32.6 Å². The molecule has 3 rings (SSSR count). The van der Waals surface area contributed by atoms with Crippen LogP contribution in [0.25, 0.3) is 0 Å². The second-order valence-electron chi connectivity index (χ2n) is 8.05. The fourth-order valence-electron chi connectivity index (χ4n) is 4.19. The Labute approximate surface area is 160 Å². The number of anilines is 1. The summed E-state index contributed by atoms with van der Waals surface area (Å²) in [5.74, 6) is 1.26. The van der Waals surface area contributed by atoms with E-state index in [-0.39, 0.29) is 17.3 Å². The zero-order valence-electron chi connectivity index (χ0n) is 16.1. The molecule has 0 bridgehead atoms. The van der Waals surface area contributed by atoms with Gasteiger partial charge in [0.2, 0.25) is 5.91 Å². The van der Waals surface area contributed by atoms with Gasteiger partial charge >= 0.3 is 0 Å². The van der Waals surface area contributed by atoms with Gasteiger partial charge in [-0.2, -0.15) is 0 Å². The van der Waals surface area contributed by atoms with Crippen molar-refractivity contribution in [1.29, 1.82) is 0 Å². The third-order valence-electron chi connectivity index (χ3n) is 5.74. The van der Waals surface area contributed by atoms with Crippen LogP contribution in [0.2, 0.25) is 0 Å². The van der Waals surface area contributed by atoms with E-state index in [0.29, 0.717) is 12.5 Å². The summed E-state index contributed by atoms with van der Waals surface area (Å²) in [5.41, 5.74) is 0.199. The minimum absolute atomic E-state index is 0.0679. The maximum atomic E-state index is 12.4. The van der Waals surface area contributed by atoms with Crippen LogP contribution in [0.4, 0.5) is 11.4 Å². The van der Waals surface area contributed by atoms with Gasteiger partial charge in [0, 0.05) is 19.2 Å². The van der Waals surface area contributed by atoms with Gasteiger partial charge in [0.1, 0.15) is 5.69 Å². The van der Waals surface area contributed by atoms with E-state index in [4.69, 9.17) is 0 Å².